The summed E-state index contributed by atoms with van der Waals surface area (Å²) in [5.74, 6) is 0. The molecule has 0 spiro atoms. The summed E-state index contributed by atoms with van der Waals surface area (Å²) in [6.45, 7) is 4.87. The van der Waals surface area contributed by atoms with Gasteiger partial charge in [0, 0.05) is 24.1 Å². The van der Waals surface area contributed by atoms with E-state index in [1.807, 2.05) is 29.0 Å². The van der Waals surface area contributed by atoms with Gasteiger partial charge < -0.3 is 9.80 Å². The van der Waals surface area contributed by atoms with Crippen molar-refractivity contribution in [3.63, 3.8) is 0 Å². The quantitative estimate of drug-likeness (QED) is 0.822. The lowest BCUT2D eigenvalue weighted by molar-refractivity contribution is 0.187. The van der Waals surface area contributed by atoms with Crippen molar-refractivity contribution in [3.05, 3.63) is 34.3 Å². The van der Waals surface area contributed by atoms with Gasteiger partial charge in [-0.3, -0.25) is 0 Å². The minimum absolute atomic E-state index is 0.116. The number of rotatable bonds is 2. The zero-order valence-electron chi connectivity index (χ0n) is 10.4. The molecule has 0 saturated carbocycles. The summed E-state index contributed by atoms with van der Waals surface area (Å²) in [6, 6.07) is 8.69. The van der Waals surface area contributed by atoms with Gasteiger partial charge in [-0.25, -0.2) is 4.79 Å². The normalized spacial score (nSPS) is 20.5. The molecule has 0 aliphatic carbocycles. The lowest BCUT2D eigenvalue weighted by Crippen LogP contribution is -2.34. The Labute approximate surface area is 111 Å². The predicted molar refractivity (Wildman–Crippen MR) is 71.9 cm³/mol. The standard InChI is InChI=1S/C13H17BrN2O/c1-9(2)16-8-12(15(3)13(16)17)10-5-4-6-11(14)7-10/h4-7,9,12H,8H2,1-3H3. The number of likely N-dealkylation sites (N-methyl/N-ethyl adjacent to an activating group) is 1. The van der Waals surface area contributed by atoms with E-state index in [-0.39, 0.29) is 18.1 Å². The Balaban J connectivity index is 2.26. The van der Waals surface area contributed by atoms with Gasteiger partial charge in [0.25, 0.3) is 0 Å². The third-order valence-electron chi connectivity index (χ3n) is 3.24. The molecule has 17 heavy (non-hydrogen) atoms. The molecule has 2 amide bonds. The zero-order chi connectivity index (χ0) is 12.6. The number of hydrogen-bond acceptors (Lipinski definition) is 1. The molecule has 1 fully saturated rings. The third-order valence-corrected chi connectivity index (χ3v) is 3.73. The third kappa shape index (κ3) is 2.32. The minimum Gasteiger partial charge on any atom is -0.320 e. The van der Waals surface area contributed by atoms with E-state index in [4.69, 9.17) is 0 Å². The van der Waals surface area contributed by atoms with Gasteiger partial charge in [-0.05, 0) is 31.5 Å². The highest BCUT2D eigenvalue weighted by atomic mass is 79.9. The van der Waals surface area contributed by atoms with E-state index >= 15 is 0 Å². The van der Waals surface area contributed by atoms with Crippen molar-refractivity contribution in [2.45, 2.75) is 25.9 Å². The lowest BCUT2D eigenvalue weighted by Gasteiger charge is -2.19. The van der Waals surface area contributed by atoms with E-state index in [0.29, 0.717) is 0 Å². The number of carbonyl (C=O) groups excluding carboxylic acids is 1. The molecule has 0 radical (unpaired) electrons. The number of nitrogens with zero attached hydrogens (tertiary/aromatic N) is 2. The smallest absolute Gasteiger partial charge is 0.320 e. The SMILES string of the molecule is CC(C)N1CC(c2cccc(Br)c2)N(C)C1=O. The molecular formula is C13H17BrN2O. The number of urea groups is 1. The largest absolute Gasteiger partial charge is 0.320 e. The number of amides is 2. The molecule has 1 saturated heterocycles. The average Bonchev–Trinajstić information content (AvgIpc) is 2.56. The summed E-state index contributed by atoms with van der Waals surface area (Å²) < 4.78 is 1.05. The van der Waals surface area contributed by atoms with Crippen LogP contribution in [0.2, 0.25) is 0 Å². The van der Waals surface area contributed by atoms with E-state index in [9.17, 15) is 4.79 Å². The van der Waals surface area contributed by atoms with Crippen LogP contribution in [0, 0.1) is 0 Å². The summed E-state index contributed by atoms with van der Waals surface area (Å²) in [5.41, 5.74) is 1.18. The molecule has 3 nitrogen and oxygen atoms in total. The molecule has 2 rings (SSSR count). The first-order valence-corrected chi connectivity index (χ1v) is 6.59. The lowest BCUT2D eigenvalue weighted by atomic mass is 10.1. The molecule has 1 aromatic carbocycles. The minimum atomic E-state index is 0.116. The molecule has 92 valence electrons. The first kappa shape index (κ1) is 12.4. The Kier molecular flexibility index (Phi) is 3.43. The second-order valence-electron chi connectivity index (χ2n) is 4.71. The Hall–Kier alpha value is -1.03. The summed E-state index contributed by atoms with van der Waals surface area (Å²) in [6.07, 6.45) is 0. The van der Waals surface area contributed by atoms with Crippen molar-refractivity contribution >= 4 is 22.0 Å². The molecule has 0 N–H and O–H groups in total. The molecular weight excluding hydrogens is 280 g/mol. The van der Waals surface area contributed by atoms with Crippen molar-refractivity contribution in [1.82, 2.24) is 9.80 Å². The van der Waals surface area contributed by atoms with Crippen LogP contribution in [-0.4, -0.2) is 35.5 Å². The highest BCUT2D eigenvalue weighted by Gasteiger charge is 2.36. The Bertz CT molecular complexity index is 433. The van der Waals surface area contributed by atoms with Crippen molar-refractivity contribution in [1.29, 1.82) is 0 Å². The zero-order valence-corrected chi connectivity index (χ0v) is 11.9. The number of hydrogen-bond donors (Lipinski definition) is 0. The molecule has 1 aliphatic heterocycles. The van der Waals surface area contributed by atoms with Crippen molar-refractivity contribution in [2.24, 2.45) is 0 Å². The molecule has 0 bridgehead atoms. The van der Waals surface area contributed by atoms with E-state index in [1.54, 1.807) is 0 Å². The number of halogens is 1. The molecule has 1 heterocycles. The van der Waals surface area contributed by atoms with E-state index < -0.39 is 0 Å². The second-order valence-corrected chi connectivity index (χ2v) is 5.63. The van der Waals surface area contributed by atoms with Crippen LogP contribution < -0.4 is 0 Å². The van der Waals surface area contributed by atoms with E-state index in [2.05, 4.69) is 41.9 Å². The average molecular weight is 297 g/mol. The molecule has 1 aromatic rings. The van der Waals surface area contributed by atoms with Gasteiger partial charge in [-0.15, -0.1) is 0 Å². The van der Waals surface area contributed by atoms with Gasteiger partial charge in [0.05, 0.1) is 6.04 Å². The molecule has 1 aliphatic rings. The van der Waals surface area contributed by atoms with Gasteiger partial charge in [-0.1, -0.05) is 28.1 Å². The highest BCUT2D eigenvalue weighted by molar-refractivity contribution is 9.10. The molecule has 4 heteroatoms. The van der Waals surface area contributed by atoms with Crippen LogP contribution in [0.25, 0.3) is 0 Å². The van der Waals surface area contributed by atoms with Crippen LogP contribution in [0.1, 0.15) is 25.5 Å². The molecule has 1 unspecified atom stereocenters. The highest BCUT2D eigenvalue weighted by Crippen LogP contribution is 2.30. The fourth-order valence-electron chi connectivity index (χ4n) is 2.20. The Morgan fingerprint density at radius 2 is 2.12 bits per heavy atom. The maximum Gasteiger partial charge on any atom is 0.320 e. The monoisotopic (exact) mass is 296 g/mol. The van der Waals surface area contributed by atoms with Crippen LogP contribution in [-0.2, 0) is 0 Å². The van der Waals surface area contributed by atoms with Crippen molar-refractivity contribution in [2.75, 3.05) is 13.6 Å². The predicted octanol–water partition coefficient (Wildman–Crippen LogP) is 3.27. The first-order chi connectivity index (χ1) is 8.00. The molecule has 1 atom stereocenters. The fraction of sp³-hybridized carbons (Fsp3) is 0.462. The van der Waals surface area contributed by atoms with E-state index in [1.165, 1.54) is 5.56 Å². The maximum atomic E-state index is 12.1. The molecule has 0 aromatic heterocycles. The summed E-state index contributed by atoms with van der Waals surface area (Å²) in [4.78, 5) is 15.8. The first-order valence-electron chi connectivity index (χ1n) is 5.79. The van der Waals surface area contributed by atoms with Gasteiger partial charge in [0.2, 0.25) is 0 Å². The summed E-state index contributed by atoms with van der Waals surface area (Å²) >= 11 is 3.47. The summed E-state index contributed by atoms with van der Waals surface area (Å²) in [5, 5.41) is 0. The maximum absolute atomic E-state index is 12.1. The van der Waals surface area contributed by atoms with Gasteiger partial charge in [0.15, 0.2) is 0 Å². The second kappa shape index (κ2) is 4.69. The number of benzene rings is 1. The van der Waals surface area contributed by atoms with Gasteiger partial charge >= 0.3 is 6.03 Å². The fourth-order valence-corrected chi connectivity index (χ4v) is 2.61. The van der Waals surface area contributed by atoms with Crippen LogP contribution >= 0.6 is 15.9 Å². The van der Waals surface area contributed by atoms with Gasteiger partial charge in [0.1, 0.15) is 0 Å². The summed E-state index contributed by atoms with van der Waals surface area (Å²) in [7, 11) is 1.87. The van der Waals surface area contributed by atoms with Gasteiger partial charge in [-0.2, -0.15) is 0 Å². The Morgan fingerprint density at radius 3 is 2.65 bits per heavy atom. The van der Waals surface area contributed by atoms with Crippen LogP contribution in [0.4, 0.5) is 4.79 Å². The Morgan fingerprint density at radius 1 is 1.41 bits per heavy atom. The number of carbonyl (C=O) groups is 1. The van der Waals surface area contributed by atoms with Crippen LogP contribution in [0.3, 0.4) is 0 Å². The van der Waals surface area contributed by atoms with Crippen LogP contribution in [0.5, 0.6) is 0 Å². The van der Waals surface area contributed by atoms with Crippen LogP contribution in [0.15, 0.2) is 28.7 Å². The van der Waals surface area contributed by atoms with Crippen molar-refractivity contribution in [3.8, 4) is 0 Å². The topological polar surface area (TPSA) is 23.6 Å². The van der Waals surface area contributed by atoms with E-state index in [0.717, 1.165) is 11.0 Å². The van der Waals surface area contributed by atoms with Crippen molar-refractivity contribution < 1.29 is 4.79 Å².